The predicted octanol–water partition coefficient (Wildman–Crippen LogP) is 4.33. The minimum Gasteiger partial charge on any atom is -0.385 e. The van der Waals surface area contributed by atoms with Crippen molar-refractivity contribution < 1.29 is 5.11 Å². The zero-order chi connectivity index (χ0) is 14.4. The maximum absolute atomic E-state index is 11.3. The molecule has 1 heterocycles. The van der Waals surface area contributed by atoms with Gasteiger partial charge in [0.2, 0.25) is 0 Å². The van der Waals surface area contributed by atoms with Gasteiger partial charge in [-0.15, -0.1) is 0 Å². The summed E-state index contributed by atoms with van der Waals surface area (Å²) in [6, 6.07) is 10.3. The first kappa shape index (κ1) is 13.6. The highest BCUT2D eigenvalue weighted by Gasteiger charge is 2.46. The van der Waals surface area contributed by atoms with Gasteiger partial charge >= 0.3 is 0 Å². The Morgan fingerprint density at radius 1 is 1.05 bits per heavy atom. The van der Waals surface area contributed by atoms with Crippen LogP contribution in [0.5, 0.6) is 0 Å². The Kier molecular flexibility index (Phi) is 3.09. The van der Waals surface area contributed by atoms with E-state index in [1.807, 2.05) is 19.1 Å². The van der Waals surface area contributed by atoms with E-state index in [4.69, 9.17) is 0 Å². The molecule has 20 heavy (non-hydrogen) atoms. The van der Waals surface area contributed by atoms with E-state index in [1.165, 1.54) is 6.42 Å². The molecular formula is C18H23NO. The molecule has 2 nitrogen and oxygen atoms in total. The molecule has 1 unspecified atom stereocenters. The number of rotatable bonds is 1. The SMILES string of the molecule is Cc1ccc2cc(C3(O)CCCCC3(C)C)ccc2n1. The van der Waals surface area contributed by atoms with Crippen molar-refractivity contribution in [1.29, 1.82) is 0 Å². The van der Waals surface area contributed by atoms with E-state index in [2.05, 4.69) is 37.0 Å². The number of aromatic nitrogens is 1. The second-order valence-electron chi connectivity index (χ2n) is 6.81. The molecule has 1 fully saturated rings. The monoisotopic (exact) mass is 269 g/mol. The van der Waals surface area contributed by atoms with Crippen molar-refractivity contribution in [1.82, 2.24) is 4.98 Å². The summed E-state index contributed by atoms with van der Waals surface area (Å²) in [6.07, 6.45) is 4.24. The summed E-state index contributed by atoms with van der Waals surface area (Å²) in [6.45, 7) is 6.37. The third-order valence-electron chi connectivity index (χ3n) is 5.02. The van der Waals surface area contributed by atoms with Crippen molar-refractivity contribution in [2.24, 2.45) is 5.41 Å². The van der Waals surface area contributed by atoms with Gasteiger partial charge in [-0.1, -0.05) is 38.8 Å². The fourth-order valence-corrected chi connectivity index (χ4v) is 3.51. The minimum atomic E-state index is -0.718. The van der Waals surface area contributed by atoms with Crippen LogP contribution >= 0.6 is 0 Å². The second kappa shape index (κ2) is 4.56. The first-order valence-corrected chi connectivity index (χ1v) is 7.53. The Labute approximate surface area is 120 Å². The number of aliphatic hydroxyl groups is 1. The normalized spacial score (nSPS) is 25.8. The van der Waals surface area contributed by atoms with Crippen LogP contribution in [0, 0.1) is 12.3 Å². The largest absolute Gasteiger partial charge is 0.385 e. The molecule has 2 aromatic rings. The standard InChI is InChI=1S/C18H23NO/c1-13-6-7-14-12-15(8-9-16(14)19-13)18(20)11-5-4-10-17(18,2)3/h6-9,12,20H,4-5,10-11H2,1-3H3. The Morgan fingerprint density at radius 3 is 2.55 bits per heavy atom. The highest BCUT2D eigenvalue weighted by atomic mass is 16.3. The molecule has 0 radical (unpaired) electrons. The molecule has 1 saturated carbocycles. The molecule has 106 valence electrons. The van der Waals surface area contributed by atoms with E-state index < -0.39 is 5.60 Å². The van der Waals surface area contributed by atoms with Crippen LogP contribution in [0.1, 0.15) is 50.8 Å². The number of fused-ring (bicyclic) bond motifs is 1. The number of nitrogens with zero attached hydrogens (tertiary/aromatic N) is 1. The van der Waals surface area contributed by atoms with Gasteiger partial charge in [-0.2, -0.15) is 0 Å². The van der Waals surface area contributed by atoms with Crippen LogP contribution in [0.2, 0.25) is 0 Å². The van der Waals surface area contributed by atoms with Gasteiger partial charge in [0.1, 0.15) is 0 Å². The lowest BCUT2D eigenvalue weighted by molar-refractivity contribution is -0.103. The topological polar surface area (TPSA) is 33.1 Å². The van der Waals surface area contributed by atoms with Gasteiger partial charge in [-0.05, 0) is 48.9 Å². The number of aryl methyl sites for hydroxylation is 1. The van der Waals surface area contributed by atoms with Gasteiger partial charge in [0.15, 0.2) is 0 Å². The second-order valence-corrected chi connectivity index (χ2v) is 6.81. The van der Waals surface area contributed by atoms with Gasteiger partial charge in [0.25, 0.3) is 0 Å². The first-order valence-electron chi connectivity index (χ1n) is 7.53. The zero-order valence-corrected chi connectivity index (χ0v) is 12.6. The molecule has 0 saturated heterocycles. The summed E-state index contributed by atoms with van der Waals surface area (Å²) in [7, 11) is 0. The van der Waals surface area contributed by atoms with Crippen LogP contribution in [-0.4, -0.2) is 10.1 Å². The maximum Gasteiger partial charge on any atom is 0.0947 e. The Balaban J connectivity index is 2.11. The van der Waals surface area contributed by atoms with E-state index in [0.717, 1.165) is 41.4 Å². The molecule has 1 N–H and O–H groups in total. The lowest BCUT2D eigenvalue weighted by atomic mass is 9.62. The smallest absolute Gasteiger partial charge is 0.0947 e. The first-order chi connectivity index (χ1) is 9.42. The molecule has 0 spiro atoms. The van der Waals surface area contributed by atoms with Gasteiger partial charge in [0.05, 0.1) is 11.1 Å². The van der Waals surface area contributed by atoms with Gasteiger partial charge in [0, 0.05) is 11.1 Å². The van der Waals surface area contributed by atoms with Crippen molar-refractivity contribution in [2.75, 3.05) is 0 Å². The Bertz CT molecular complexity index is 647. The molecule has 0 aliphatic heterocycles. The molecule has 1 aliphatic rings. The van der Waals surface area contributed by atoms with Crippen LogP contribution in [0.25, 0.3) is 10.9 Å². The number of pyridine rings is 1. The van der Waals surface area contributed by atoms with E-state index in [9.17, 15) is 5.11 Å². The number of hydrogen-bond donors (Lipinski definition) is 1. The summed E-state index contributed by atoms with van der Waals surface area (Å²) in [5.74, 6) is 0. The zero-order valence-electron chi connectivity index (χ0n) is 12.6. The molecule has 1 aliphatic carbocycles. The highest BCUT2D eigenvalue weighted by Crippen LogP contribution is 2.50. The number of benzene rings is 1. The lowest BCUT2D eigenvalue weighted by Crippen LogP contribution is -2.44. The lowest BCUT2D eigenvalue weighted by Gasteiger charge is -2.47. The fourth-order valence-electron chi connectivity index (χ4n) is 3.51. The van der Waals surface area contributed by atoms with Crippen molar-refractivity contribution in [3.05, 3.63) is 41.6 Å². The van der Waals surface area contributed by atoms with E-state index in [-0.39, 0.29) is 5.41 Å². The summed E-state index contributed by atoms with van der Waals surface area (Å²) in [5, 5.41) is 12.4. The summed E-state index contributed by atoms with van der Waals surface area (Å²) >= 11 is 0. The van der Waals surface area contributed by atoms with Crippen LogP contribution in [0.4, 0.5) is 0 Å². The Hall–Kier alpha value is -1.41. The van der Waals surface area contributed by atoms with Gasteiger partial charge < -0.3 is 5.11 Å². The molecule has 3 rings (SSSR count). The summed E-state index contributed by atoms with van der Waals surface area (Å²) < 4.78 is 0. The Morgan fingerprint density at radius 2 is 1.80 bits per heavy atom. The van der Waals surface area contributed by atoms with Crippen LogP contribution in [0.15, 0.2) is 30.3 Å². The molecule has 0 bridgehead atoms. The van der Waals surface area contributed by atoms with Crippen LogP contribution in [0.3, 0.4) is 0 Å². The molecule has 1 aromatic carbocycles. The fraction of sp³-hybridized carbons (Fsp3) is 0.500. The molecular weight excluding hydrogens is 246 g/mol. The van der Waals surface area contributed by atoms with Gasteiger partial charge in [-0.3, -0.25) is 4.98 Å². The van der Waals surface area contributed by atoms with Crippen molar-refractivity contribution >= 4 is 10.9 Å². The number of hydrogen-bond acceptors (Lipinski definition) is 2. The molecule has 0 amide bonds. The average Bonchev–Trinajstić information content (AvgIpc) is 2.41. The maximum atomic E-state index is 11.3. The summed E-state index contributed by atoms with van der Waals surface area (Å²) in [4.78, 5) is 4.54. The van der Waals surface area contributed by atoms with Crippen molar-refractivity contribution in [3.8, 4) is 0 Å². The van der Waals surface area contributed by atoms with Crippen LogP contribution < -0.4 is 0 Å². The molecule has 1 aromatic heterocycles. The van der Waals surface area contributed by atoms with Gasteiger partial charge in [-0.25, -0.2) is 0 Å². The van der Waals surface area contributed by atoms with Crippen molar-refractivity contribution in [2.45, 2.75) is 52.1 Å². The predicted molar refractivity (Wildman–Crippen MR) is 82.6 cm³/mol. The van der Waals surface area contributed by atoms with E-state index in [0.29, 0.717) is 0 Å². The third kappa shape index (κ3) is 2.03. The minimum absolute atomic E-state index is 0.0724. The van der Waals surface area contributed by atoms with E-state index in [1.54, 1.807) is 0 Å². The van der Waals surface area contributed by atoms with Crippen LogP contribution in [-0.2, 0) is 5.60 Å². The molecule has 2 heteroatoms. The summed E-state index contributed by atoms with van der Waals surface area (Å²) in [5.41, 5.74) is 2.29. The average molecular weight is 269 g/mol. The highest BCUT2D eigenvalue weighted by molar-refractivity contribution is 5.79. The van der Waals surface area contributed by atoms with E-state index >= 15 is 0 Å². The third-order valence-corrected chi connectivity index (χ3v) is 5.02. The quantitative estimate of drug-likeness (QED) is 0.835. The molecule has 1 atom stereocenters. The van der Waals surface area contributed by atoms with Crippen molar-refractivity contribution in [3.63, 3.8) is 0 Å².